The van der Waals surface area contributed by atoms with Gasteiger partial charge in [-0.2, -0.15) is 0 Å². The molecule has 0 aromatic rings. The Morgan fingerprint density at radius 2 is 2.07 bits per heavy atom. The zero-order valence-corrected chi connectivity index (χ0v) is 8.86. The molecule has 14 heavy (non-hydrogen) atoms. The van der Waals surface area contributed by atoms with Crippen molar-refractivity contribution >= 4 is 12.1 Å². The molecule has 0 saturated carbocycles. The summed E-state index contributed by atoms with van der Waals surface area (Å²) in [6, 6.07) is -0.158. The molecule has 1 amide bonds. The van der Waals surface area contributed by atoms with Gasteiger partial charge >= 0.3 is 12.1 Å². The van der Waals surface area contributed by atoms with Crippen LogP contribution in [0.3, 0.4) is 0 Å². The summed E-state index contributed by atoms with van der Waals surface area (Å²) in [6.07, 6.45) is -0.465. The van der Waals surface area contributed by atoms with Crippen LogP contribution in [0.2, 0.25) is 0 Å². The van der Waals surface area contributed by atoms with Crippen LogP contribution in [-0.2, 0) is 14.3 Å². The van der Waals surface area contributed by atoms with Gasteiger partial charge < -0.3 is 9.47 Å². The first-order valence-electron chi connectivity index (χ1n) is 4.54. The number of amides is 1. The first-order chi connectivity index (χ1) is 6.50. The van der Waals surface area contributed by atoms with Crippen molar-refractivity contribution in [3.05, 3.63) is 0 Å². The molecule has 5 heteroatoms. The minimum absolute atomic E-state index is 0.158. The molecule has 0 N–H and O–H groups in total. The van der Waals surface area contributed by atoms with E-state index in [2.05, 4.69) is 4.74 Å². The lowest BCUT2D eigenvalue weighted by molar-refractivity contribution is -0.144. The van der Waals surface area contributed by atoms with E-state index in [1.165, 1.54) is 12.0 Å². The van der Waals surface area contributed by atoms with Gasteiger partial charge in [-0.3, -0.25) is 4.90 Å². The molecule has 0 radical (unpaired) electrons. The van der Waals surface area contributed by atoms with Crippen LogP contribution in [-0.4, -0.2) is 42.3 Å². The molecule has 5 nitrogen and oxygen atoms in total. The summed E-state index contributed by atoms with van der Waals surface area (Å²) in [5.41, 5.74) is -0.846. The van der Waals surface area contributed by atoms with Crippen molar-refractivity contribution < 1.29 is 19.1 Å². The lowest BCUT2D eigenvalue weighted by Gasteiger charge is -2.09. The second-order valence-corrected chi connectivity index (χ2v) is 3.38. The molecule has 0 bridgehead atoms. The van der Waals surface area contributed by atoms with Gasteiger partial charge in [-0.15, -0.1) is 0 Å². The molecule has 1 rings (SSSR count). The van der Waals surface area contributed by atoms with E-state index >= 15 is 0 Å². The highest BCUT2D eigenvalue weighted by molar-refractivity contribution is 5.92. The molecule has 0 aromatic heterocycles. The molecular formula is C9H15NO4. The van der Waals surface area contributed by atoms with Crippen molar-refractivity contribution in [2.75, 3.05) is 13.7 Å². The number of methoxy groups -OCH3 is 1. The van der Waals surface area contributed by atoms with Gasteiger partial charge in [0.05, 0.1) is 19.8 Å². The summed E-state index contributed by atoms with van der Waals surface area (Å²) in [5.74, 6) is -0.405. The minimum Gasteiger partial charge on any atom is -0.467 e. The third-order valence-corrected chi connectivity index (χ3v) is 2.70. The van der Waals surface area contributed by atoms with Crippen LogP contribution >= 0.6 is 0 Å². The number of nitrogens with zero attached hydrogens (tertiary/aromatic N) is 1. The molecule has 0 spiro atoms. The van der Waals surface area contributed by atoms with Crippen molar-refractivity contribution in [1.29, 1.82) is 0 Å². The molecule has 2 atom stereocenters. The van der Waals surface area contributed by atoms with E-state index in [1.807, 2.05) is 0 Å². The third kappa shape index (κ3) is 1.32. The molecule has 1 fully saturated rings. The van der Waals surface area contributed by atoms with Gasteiger partial charge in [0.25, 0.3) is 0 Å². The van der Waals surface area contributed by atoms with Crippen molar-refractivity contribution in [2.45, 2.75) is 32.4 Å². The maximum Gasteiger partial charge on any atom is 0.411 e. The number of hydrogen-bond acceptors (Lipinski definition) is 4. The van der Waals surface area contributed by atoms with E-state index in [0.717, 1.165) is 0 Å². The van der Waals surface area contributed by atoms with Gasteiger partial charge in [0, 0.05) is 0 Å². The van der Waals surface area contributed by atoms with E-state index in [1.54, 1.807) is 20.8 Å². The molecule has 1 saturated heterocycles. The second-order valence-electron chi connectivity index (χ2n) is 3.38. The zero-order chi connectivity index (χ0) is 10.9. The quantitative estimate of drug-likeness (QED) is 0.489. The maximum absolute atomic E-state index is 11.4. The fourth-order valence-corrected chi connectivity index (χ4v) is 1.57. The summed E-state index contributed by atoms with van der Waals surface area (Å²) >= 11 is 0. The fourth-order valence-electron chi connectivity index (χ4n) is 1.57. The van der Waals surface area contributed by atoms with Gasteiger partial charge in [-0.05, 0) is 20.8 Å². The van der Waals surface area contributed by atoms with Gasteiger partial charge in [-0.1, -0.05) is 0 Å². The van der Waals surface area contributed by atoms with E-state index in [-0.39, 0.29) is 6.04 Å². The monoisotopic (exact) mass is 201 g/mol. The molecule has 1 aliphatic heterocycles. The van der Waals surface area contributed by atoms with Crippen molar-refractivity contribution in [2.24, 2.45) is 0 Å². The molecule has 0 aromatic carbocycles. The number of carbonyl (C=O) groups is 2. The van der Waals surface area contributed by atoms with Gasteiger partial charge in [0.1, 0.15) is 0 Å². The Morgan fingerprint density at radius 3 is 2.50 bits per heavy atom. The van der Waals surface area contributed by atoms with Crippen LogP contribution in [0.1, 0.15) is 20.8 Å². The predicted octanol–water partition coefficient (Wildman–Crippen LogP) is 0.779. The van der Waals surface area contributed by atoms with E-state index in [9.17, 15) is 9.59 Å². The van der Waals surface area contributed by atoms with Crippen LogP contribution in [0.4, 0.5) is 4.79 Å². The number of hydrogen-bond donors (Lipinski definition) is 0. The largest absolute Gasteiger partial charge is 0.467 e. The average molecular weight is 201 g/mol. The van der Waals surface area contributed by atoms with Crippen molar-refractivity contribution in [1.82, 2.24) is 4.90 Å². The molecule has 80 valence electrons. The van der Waals surface area contributed by atoms with Crippen LogP contribution in [0.5, 0.6) is 0 Å². The third-order valence-electron chi connectivity index (χ3n) is 2.70. The van der Waals surface area contributed by atoms with Crippen molar-refractivity contribution in [3.8, 4) is 0 Å². The number of esters is 1. The molecule has 1 aliphatic rings. The van der Waals surface area contributed by atoms with E-state index < -0.39 is 17.6 Å². The lowest BCUT2D eigenvalue weighted by atomic mass is 10.1. The number of rotatable bonds is 2. The minimum atomic E-state index is -0.846. The smallest absolute Gasteiger partial charge is 0.411 e. The Kier molecular flexibility index (Phi) is 2.69. The summed E-state index contributed by atoms with van der Waals surface area (Å²) in [5, 5.41) is 0. The Morgan fingerprint density at radius 1 is 1.50 bits per heavy atom. The Bertz CT molecular complexity index is 266. The normalized spacial score (nSPS) is 29.7. The SMILES string of the molecule is CCOC(=O)N1[C@H](C)[C@@]1(C)C(=O)OC. The lowest BCUT2D eigenvalue weighted by Crippen LogP contribution is -2.30. The summed E-state index contributed by atoms with van der Waals surface area (Å²) in [4.78, 5) is 24.1. The van der Waals surface area contributed by atoms with Crippen LogP contribution in [0.25, 0.3) is 0 Å². The Balaban J connectivity index is 2.69. The standard InChI is InChI=1S/C9H15NO4/c1-5-14-8(12)10-6(2)9(10,3)7(11)13-4/h6H,5H2,1-4H3/t6-,9+,10?/m1/s1. The van der Waals surface area contributed by atoms with E-state index in [4.69, 9.17) is 4.74 Å². The second kappa shape index (κ2) is 3.48. The number of ether oxygens (including phenoxy) is 2. The van der Waals surface area contributed by atoms with Gasteiger partial charge in [-0.25, -0.2) is 9.59 Å². The fraction of sp³-hybridized carbons (Fsp3) is 0.778. The maximum atomic E-state index is 11.4. The van der Waals surface area contributed by atoms with Crippen molar-refractivity contribution in [3.63, 3.8) is 0 Å². The highest BCUT2D eigenvalue weighted by Gasteiger charge is 2.66. The zero-order valence-electron chi connectivity index (χ0n) is 8.86. The van der Waals surface area contributed by atoms with Crippen LogP contribution < -0.4 is 0 Å². The first-order valence-corrected chi connectivity index (χ1v) is 4.54. The summed E-state index contributed by atoms with van der Waals surface area (Å²) in [7, 11) is 1.31. The van der Waals surface area contributed by atoms with Crippen LogP contribution in [0.15, 0.2) is 0 Å². The first kappa shape index (κ1) is 10.8. The topological polar surface area (TPSA) is 55.6 Å². The molecule has 1 heterocycles. The average Bonchev–Trinajstić information content (AvgIpc) is 2.70. The van der Waals surface area contributed by atoms with Gasteiger partial charge in [0.2, 0.25) is 0 Å². The predicted molar refractivity (Wildman–Crippen MR) is 48.7 cm³/mol. The summed E-state index contributed by atoms with van der Waals surface area (Å²) < 4.78 is 9.42. The highest BCUT2D eigenvalue weighted by Crippen LogP contribution is 2.41. The van der Waals surface area contributed by atoms with Crippen LogP contribution in [0, 0.1) is 0 Å². The number of carbonyl (C=O) groups excluding carboxylic acids is 2. The van der Waals surface area contributed by atoms with Gasteiger partial charge in [0.15, 0.2) is 5.54 Å². The van der Waals surface area contributed by atoms with E-state index in [0.29, 0.717) is 6.61 Å². The highest BCUT2D eigenvalue weighted by atomic mass is 16.6. The molecular weight excluding hydrogens is 186 g/mol. The molecule has 0 aliphatic carbocycles. The Hall–Kier alpha value is -1.26. The summed E-state index contributed by atoms with van der Waals surface area (Å²) in [6.45, 7) is 5.48. The molecule has 0 unspecified atom stereocenters. The Labute approximate surface area is 83.0 Å².